The molecular formula is C12H17N3. The minimum Gasteiger partial charge on any atom is -0.326 e. The second-order valence-electron chi connectivity index (χ2n) is 4.18. The minimum atomic E-state index is 0.402. The molecule has 0 saturated carbocycles. The molecule has 0 aliphatic carbocycles. The summed E-state index contributed by atoms with van der Waals surface area (Å²) >= 11 is 0. The van der Waals surface area contributed by atoms with Crippen molar-refractivity contribution in [2.45, 2.75) is 33.4 Å². The molecule has 0 spiro atoms. The summed E-state index contributed by atoms with van der Waals surface area (Å²) in [6, 6.07) is 6.65. The van der Waals surface area contributed by atoms with Crippen LogP contribution in [0.5, 0.6) is 0 Å². The predicted octanol–water partition coefficient (Wildman–Crippen LogP) is 2.38. The number of hydrogen-bond acceptors (Lipinski definition) is 2. The van der Waals surface area contributed by atoms with Crippen LogP contribution in [0.25, 0.3) is 10.9 Å². The molecule has 0 fully saturated rings. The number of aromatic nitrogens is 2. The summed E-state index contributed by atoms with van der Waals surface area (Å²) in [5.41, 5.74) is 9.02. The molecule has 0 amide bonds. The second kappa shape index (κ2) is 3.66. The fourth-order valence-electron chi connectivity index (χ4n) is 1.91. The van der Waals surface area contributed by atoms with Gasteiger partial charge in [0.05, 0.1) is 5.52 Å². The van der Waals surface area contributed by atoms with Gasteiger partial charge in [0, 0.05) is 23.7 Å². The summed E-state index contributed by atoms with van der Waals surface area (Å²) in [5, 5.41) is 5.80. The van der Waals surface area contributed by atoms with Crippen LogP contribution in [-0.2, 0) is 6.54 Å². The van der Waals surface area contributed by atoms with Gasteiger partial charge in [-0.15, -0.1) is 0 Å². The van der Waals surface area contributed by atoms with E-state index in [-0.39, 0.29) is 0 Å². The first kappa shape index (κ1) is 10.2. The molecule has 1 aromatic heterocycles. The van der Waals surface area contributed by atoms with Gasteiger partial charge >= 0.3 is 0 Å². The summed E-state index contributed by atoms with van der Waals surface area (Å²) in [5.74, 6) is 0. The van der Waals surface area contributed by atoms with Gasteiger partial charge in [-0.1, -0.05) is 12.1 Å². The largest absolute Gasteiger partial charge is 0.326 e. The lowest BCUT2D eigenvalue weighted by Crippen LogP contribution is -2.04. The Hall–Kier alpha value is -1.35. The van der Waals surface area contributed by atoms with E-state index in [0.29, 0.717) is 12.6 Å². The Kier molecular flexibility index (Phi) is 2.49. The molecule has 2 aromatic rings. The van der Waals surface area contributed by atoms with Crippen molar-refractivity contribution in [3.63, 3.8) is 0 Å². The van der Waals surface area contributed by atoms with Crippen LogP contribution in [-0.4, -0.2) is 9.78 Å². The summed E-state index contributed by atoms with van der Waals surface area (Å²) in [6.07, 6.45) is 0. The summed E-state index contributed by atoms with van der Waals surface area (Å²) in [4.78, 5) is 0. The van der Waals surface area contributed by atoms with E-state index < -0.39 is 0 Å². The van der Waals surface area contributed by atoms with Crippen molar-refractivity contribution in [2.24, 2.45) is 5.73 Å². The van der Waals surface area contributed by atoms with Gasteiger partial charge in [0.1, 0.15) is 0 Å². The van der Waals surface area contributed by atoms with Gasteiger partial charge < -0.3 is 5.73 Å². The topological polar surface area (TPSA) is 43.8 Å². The Bertz CT molecular complexity index is 483. The Balaban J connectivity index is 2.65. The maximum atomic E-state index is 5.61. The summed E-state index contributed by atoms with van der Waals surface area (Å²) in [7, 11) is 0. The van der Waals surface area contributed by atoms with Gasteiger partial charge in [-0.3, -0.25) is 4.68 Å². The first-order valence-corrected chi connectivity index (χ1v) is 5.31. The highest BCUT2D eigenvalue weighted by atomic mass is 15.3. The molecule has 2 N–H and O–H groups in total. The molecule has 0 atom stereocenters. The molecular weight excluding hydrogens is 186 g/mol. The number of aryl methyl sites for hydroxylation is 1. The standard InChI is InChI=1S/C12H17N3/c1-8(2)15-9(3)11-5-4-10(7-13)6-12(11)14-15/h4-6,8H,7,13H2,1-3H3. The van der Waals surface area contributed by atoms with E-state index in [0.717, 1.165) is 11.1 Å². The van der Waals surface area contributed by atoms with E-state index >= 15 is 0 Å². The quantitative estimate of drug-likeness (QED) is 0.814. The average Bonchev–Trinajstić information content (AvgIpc) is 2.55. The molecule has 0 aliphatic heterocycles. The Morgan fingerprint density at radius 3 is 2.73 bits per heavy atom. The van der Waals surface area contributed by atoms with Gasteiger partial charge in [0.15, 0.2) is 0 Å². The van der Waals surface area contributed by atoms with Gasteiger partial charge in [-0.25, -0.2) is 0 Å². The highest BCUT2D eigenvalue weighted by molar-refractivity contribution is 5.82. The molecule has 3 heteroatoms. The number of rotatable bonds is 2. The van der Waals surface area contributed by atoms with Crippen LogP contribution in [0.15, 0.2) is 18.2 Å². The molecule has 80 valence electrons. The first-order chi connectivity index (χ1) is 7.13. The van der Waals surface area contributed by atoms with Crippen LogP contribution in [0.1, 0.15) is 31.1 Å². The molecule has 3 nitrogen and oxygen atoms in total. The average molecular weight is 203 g/mol. The first-order valence-electron chi connectivity index (χ1n) is 5.31. The highest BCUT2D eigenvalue weighted by Gasteiger charge is 2.09. The maximum absolute atomic E-state index is 5.61. The molecule has 0 bridgehead atoms. The maximum Gasteiger partial charge on any atom is 0.0929 e. The van der Waals surface area contributed by atoms with Crippen LogP contribution < -0.4 is 5.73 Å². The van der Waals surface area contributed by atoms with Crippen LogP contribution in [0.4, 0.5) is 0 Å². The van der Waals surface area contributed by atoms with E-state index in [1.54, 1.807) is 0 Å². The predicted molar refractivity (Wildman–Crippen MR) is 62.7 cm³/mol. The number of nitrogens with zero attached hydrogens (tertiary/aromatic N) is 2. The molecule has 2 rings (SSSR count). The second-order valence-corrected chi connectivity index (χ2v) is 4.18. The lowest BCUT2D eigenvalue weighted by Gasteiger charge is -2.06. The normalized spacial score (nSPS) is 11.5. The monoisotopic (exact) mass is 203 g/mol. The van der Waals surface area contributed by atoms with E-state index in [2.05, 4.69) is 48.8 Å². The molecule has 0 radical (unpaired) electrons. The summed E-state index contributed by atoms with van der Waals surface area (Å²) in [6.45, 7) is 6.96. The Morgan fingerprint density at radius 2 is 2.13 bits per heavy atom. The van der Waals surface area contributed by atoms with E-state index in [1.165, 1.54) is 11.1 Å². The van der Waals surface area contributed by atoms with Crippen molar-refractivity contribution in [1.82, 2.24) is 9.78 Å². The lowest BCUT2D eigenvalue weighted by atomic mass is 10.1. The number of fused-ring (bicyclic) bond motifs is 1. The zero-order chi connectivity index (χ0) is 11.0. The SMILES string of the molecule is Cc1c2ccc(CN)cc2nn1C(C)C. The van der Waals surface area contributed by atoms with Crippen molar-refractivity contribution in [1.29, 1.82) is 0 Å². The van der Waals surface area contributed by atoms with Crippen LogP contribution in [0.3, 0.4) is 0 Å². The van der Waals surface area contributed by atoms with Crippen molar-refractivity contribution in [2.75, 3.05) is 0 Å². The molecule has 0 unspecified atom stereocenters. The Labute approximate surface area is 89.9 Å². The zero-order valence-corrected chi connectivity index (χ0v) is 9.49. The number of benzene rings is 1. The van der Waals surface area contributed by atoms with Gasteiger partial charge in [-0.05, 0) is 32.4 Å². The number of nitrogens with two attached hydrogens (primary N) is 1. The highest BCUT2D eigenvalue weighted by Crippen LogP contribution is 2.21. The fraction of sp³-hybridized carbons (Fsp3) is 0.417. The fourth-order valence-corrected chi connectivity index (χ4v) is 1.91. The molecule has 0 saturated heterocycles. The van der Waals surface area contributed by atoms with E-state index in [1.807, 2.05) is 0 Å². The van der Waals surface area contributed by atoms with Gasteiger partial charge in [0.2, 0.25) is 0 Å². The van der Waals surface area contributed by atoms with Crippen LogP contribution in [0, 0.1) is 6.92 Å². The third-order valence-electron chi connectivity index (χ3n) is 2.74. The van der Waals surface area contributed by atoms with Crippen molar-refractivity contribution < 1.29 is 0 Å². The van der Waals surface area contributed by atoms with Gasteiger partial charge in [-0.2, -0.15) is 5.10 Å². The third kappa shape index (κ3) is 1.63. The van der Waals surface area contributed by atoms with Crippen LogP contribution in [0.2, 0.25) is 0 Å². The number of hydrogen-bond donors (Lipinski definition) is 1. The smallest absolute Gasteiger partial charge is 0.0929 e. The van der Waals surface area contributed by atoms with E-state index in [4.69, 9.17) is 5.73 Å². The van der Waals surface area contributed by atoms with E-state index in [9.17, 15) is 0 Å². The van der Waals surface area contributed by atoms with Crippen molar-refractivity contribution in [3.05, 3.63) is 29.5 Å². The molecule has 15 heavy (non-hydrogen) atoms. The van der Waals surface area contributed by atoms with Crippen LogP contribution >= 0.6 is 0 Å². The zero-order valence-electron chi connectivity index (χ0n) is 9.49. The molecule has 1 heterocycles. The summed E-state index contributed by atoms with van der Waals surface area (Å²) < 4.78 is 2.06. The van der Waals surface area contributed by atoms with Gasteiger partial charge in [0.25, 0.3) is 0 Å². The molecule has 1 aromatic carbocycles. The lowest BCUT2D eigenvalue weighted by molar-refractivity contribution is 0.524. The third-order valence-corrected chi connectivity index (χ3v) is 2.74. The van der Waals surface area contributed by atoms with Crippen molar-refractivity contribution in [3.8, 4) is 0 Å². The van der Waals surface area contributed by atoms with Crippen molar-refractivity contribution >= 4 is 10.9 Å². The minimum absolute atomic E-state index is 0.402. The molecule has 0 aliphatic rings. The Morgan fingerprint density at radius 1 is 1.40 bits per heavy atom.